The number of nitrogens with two attached hydrogens (primary N) is 1. The highest BCUT2D eigenvalue weighted by molar-refractivity contribution is 7.57. The van der Waals surface area contributed by atoms with E-state index < -0.39 is 30.4 Å². The smallest absolute Gasteiger partial charge is 0.197 e. The molecule has 2 heterocycles. The molecule has 0 amide bonds. The molecule has 7 atom stereocenters. The zero-order valence-corrected chi connectivity index (χ0v) is 18.8. The number of imidazole rings is 1. The van der Waals surface area contributed by atoms with Gasteiger partial charge in [0.25, 0.3) is 0 Å². The molecule has 0 bridgehead atoms. The minimum absolute atomic E-state index is 0.0160. The Morgan fingerprint density at radius 3 is 2.55 bits per heavy atom. The highest BCUT2D eigenvalue weighted by Gasteiger charge is 2.84. The molecule has 2 aromatic rings. The van der Waals surface area contributed by atoms with E-state index in [1.54, 1.807) is 19.7 Å². The average molecular weight is 447 g/mol. The van der Waals surface area contributed by atoms with E-state index in [0.29, 0.717) is 29.3 Å². The van der Waals surface area contributed by atoms with Crippen LogP contribution >= 0.6 is 7.37 Å². The molecule has 9 nitrogen and oxygen atoms in total. The first-order chi connectivity index (χ1) is 14.7. The molecule has 2 aromatic heterocycles. The van der Waals surface area contributed by atoms with Gasteiger partial charge in [-0.15, -0.1) is 0 Å². The first-order valence-corrected chi connectivity index (χ1v) is 13.7. The molecule has 0 aromatic carbocycles. The van der Waals surface area contributed by atoms with E-state index in [1.807, 2.05) is 4.57 Å². The average Bonchev–Trinajstić information content (AvgIpc) is 3.38. The van der Waals surface area contributed by atoms with E-state index in [2.05, 4.69) is 15.0 Å². The van der Waals surface area contributed by atoms with Gasteiger partial charge in [0, 0.05) is 30.2 Å². The predicted octanol–water partition coefficient (Wildman–Crippen LogP) is 2.19. The summed E-state index contributed by atoms with van der Waals surface area (Å²) in [7, 11) is -2.70. The van der Waals surface area contributed by atoms with E-state index in [4.69, 9.17) is 10.3 Å². The number of fused-ring (bicyclic) bond motifs is 1. The number of aliphatic hydroxyl groups excluding tert-OH is 2. The largest absolute Gasteiger partial charge is 0.390 e. The monoisotopic (exact) mass is 447 g/mol. The maximum atomic E-state index is 12.4. The van der Waals surface area contributed by atoms with Gasteiger partial charge in [0.15, 0.2) is 18.8 Å². The molecule has 31 heavy (non-hydrogen) atoms. The maximum Gasteiger partial charge on any atom is 0.197 e. The second-order valence-electron chi connectivity index (χ2n) is 10.5. The highest BCUT2D eigenvalue weighted by Crippen LogP contribution is 2.82. The first kappa shape index (κ1) is 20.1. The van der Waals surface area contributed by atoms with E-state index in [9.17, 15) is 14.8 Å². The third-order valence-corrected chi connectivity index (χ3v) is 9.28. The van der Waals surface area contributed by atoms with Crippen LogP contribution in [0.2, 0.25) is 0 Å². The van der Waals surface area contributed by atoms with Gasteiger partial charge in [0.2, 0.25) is 0 Å². The summed E-state index contributed by atoms with van der Waals surface area (Å²) >= 11 is 0. The van der Waals surface area contributed by atoms with Crippen LogP contribution in [0.15, 0.2) is 12.7 Å². The van der Waals surface area contributed by atoms with Crippen LogP contribution in [0.25, 0.3) is 11.2 Å². The number of aliphatic hydroxyl groups is 2. The quantitative estimate of drug-likeness (QED) is 0.607. The summed E-state index contributed by atoms with van der Waals surface area (Å²) in [6, 6.07) is -0.0160. The van der Waals surface area contributed by atoms with Crippen molar-refractivity contribution in [3.8, 4) is 0 Å². The van der Waals surface area contributed by atoms with Crippen LogP contribution in [0.3, 0.4) is 0 Å². The van der Waals surface area contributed by atoms with Gasteiger partial charge < -0.3 is 25.0 Å². The number of rotatable bonds is 4. The molecule has 168 valence electrons. The molecule has 4 fully saturated rings. The van der Waals surface area contributed by atoms with Gasteiger partial charge in [-0.1, -0.05) is 25.7 Å². The van der Waals surface area contributed by atoms with Crippen LogP contribution in [-0.4, -0.2) is 61.4 Å². The Bertz CT molecular complexity index is 1100. The maximum absolute atomic E-state index is 12.4. The van der Waals surface area contributed by atoms with Crippen LogP contribution in [0.1, 0.15) is 44.6 Å². The Morgan fingerprint density at radius 2 is 1.84 bits per heavy atom. The molecule has 10 heteroatoms. The third-order valence-electron chi connectivity index (χ3n) is 8.52. The van der Waals surface area contributed by atoms with Crippen LogP contribution in [0.5, 0.6) is 0 Å². The van der Waals surface area contributed by atoms with Crippen LogP contribution in [0.4, 0.5) is 5.82 Å². The van der Waals surface area contributed by atoms with Crippen molar-refractivity contribution in [2.24, 2.45) is 22.7 Å². The standard InChI is InChI=1S/C21H30N5O4P/c1-31(2,29)30-13-8-21(13)15(11-5-3-4-6-11)20(16(27)17(21)28)7-12(20)26-10-25-14-18(22)23-9-24-19(14)26/h9-13,15-17,27-28H,3-8H2,1-2H3,(H2,22,23,24)/t12?,13-,15?,16-,17+,20?,21?/m1/s1. The Balaban J connectivity index is 1.42. The van der Waals surface area contributed by atoms with Crippen molar-refractivity contribution in [3.63, 3.8) is 0 Å². The van der Waals surface area contributed by atoms with Crippen LogP contribution < -0.4 is 5.73 Å². The number of hydrogen-bond donors (Lipinski definition) is 3. The molecular formula is C21H30N5O4P. The molecule has 0 radical (unpaired) electrons. The minimum atomic E-state index is -2.70. The van der Waals surface area contributed by atoms with Crippen LogP contribution in [0, 0.1) is 22.7 Å². The highest BCUT2D eigenvalue weighted by atomic mass is 31.2. The van der Waals surface area contributed by atoms with Crippen molar-refractivity contribution in [3.05, 3.63) is 12.7 Å². The molecule has 4 aliphatic carbocycles. The molecule has 0 aliphatic heterocycles. The fourth-order valence-electron chi connectivity index (χ4n) is 7.35. The van der Waals surface area contributed by atoms with E-state index in [1.165, 1.54) is 19.2 Å². The van der Waals surface area contributed by atoms with Crippen molar-refractivity contribution >= 4 is 24.4 Å². The van der Waals surface area contributed by atoms with Crippen molar-refractivity contribution in [2.45, 2.75) is 62.9 Å². The summed E-state index contributed by atoms with van der Waals surface area (Å²) < 4.78 is 20.4. The summed E-state index contributed by atoms with van der Waals surface area (Å²) in [5.74, 6) is 0.880. The predicted molar refractivity (Wildman–Crippen MR) is 115 cm³/mol. The van der Waals surface area contributed by atoms with Crippen molar-refractivity contribution in [1.29, 1.82) is 0 Å². The Kier molecular flexibility index (Phi) is 4.07. The molecule has 4 saturated carbocycles. The number of nitrogens with zero attached hydrogens (tertiary/aromatic N) is 4. The first-order valence-electron chi connectivity index (χ1n) is 11.2. The fourth-order valence-corrected chi connectivity index (χ4v) is 8.23. The van der Waals surface area contributed by atoms with Gasteiger partial charge in [-0.05, 0) is 24.7 Å². The molecule has 2 spiro atoms. The van der Waals surface area contributed by atoms with Crippen LogP contribution in [-0.2, 0) is 9.09 Å². The normalized spacial score (nSPS) is 42.3. The van der Waals surface area contributed by atoms with Crippen molar-refractivity contribution < 1.29 is 19.3 Å². The summed E-state index contributed by atoms with van der Waals surface area (Å²) in [5.41, 5.74) is 6.24. The topological polar surface area (TPSA) is 136 Å². The van der Waals surface area contributed by atoms with Gasteiger partial charge in [-0.3, -0.25) is 4.57 Å². The Labute approximate surface area is 180 Å². The van der Waals surface area contributed by atoms with E-state index in [0.717, 1.165) is 19.3 Å². The Morgan fingerprint density at radius 1 is 1.13 bits per heavy atom. The molecule has 6 rings (SSSR count). The summed E-state index contributed by atoms with van der Waals surface area (Å²) in [6.07, 6.45) is 7.13. The van der Waals surface area contributed by atoms with Gasteiger partial charge in [0.1, 0.15) is 11.8 Å². The van der Waals surface area contributed by atoms with Crippen molar-refractivity contribution in [1.82, 2.24) is 19.5 Å². The fraction of sp³-hybridized carbons (Fsp3) is 0.762. The van der Waals surface area contributed by atoms with Gasteiger partial charge >= 0.3 is 0 Å². The number of aromatic nitrogens is 4. The second kappa shape index (κ2) is 6.28. The van der Waals surface area contributed by atoms with E-state index >= 15 is 0 Å². The summed E-state index contributed by atoms with van der Waals surface area (Å²) in [5, 5.41) is 22.8. The lowest BCUT2D eigenvalue weighted by molar-refractivity contribution is -0.0156. The van der Waals surface area contributed by atoms with Gasteiger partial charge in [-0.25, -0.2) is 15.0 Å². The number of nitrogen functional groups attached to an aromatic ring is 1. The van der Waals surface area contributed by atoms with Gasteiger partial charge in [0.05, 0.1) is 24.6 Å². The minimum Gasteiger partial charge on any atom is -0.390 e. The lowest BCUT2D eigenvalue weighted by atomic mass is 9.73. The van der Waals surface area contributed by atoms with E-state index in [-0.39, 0.29) is 18.1 Å². The van der Waals surface area contributed by atoms with Gasteiger partial charge in [-0.2, -0.15) is 0 Å². The Hall–Kier alpha value is -1.54. The molecule has 4 aliphatic rings. The SMILES string of the molecule is CP(C)(=O)O[C@@H]1CC12C(C1CCCC1)C1(CC1n1cnc3c(N)ncnc31)[C@H](O)[C@@H]2O. The summed E-state index contributed by atoms with van der Waals surface area (Å²) in [4.78, 5) is 12.9. The molecule has 4 unspecified atom stereocenters. The van der Waals surface area contributed by atoms with Crippen molar-refractivity contribution in [2.75, 3.05) is 19.1 Å². The molecule has 4 N–H and O–H groups in total. The molecule has 0 saturated heterocycles. The number of anilines is 1. The molecular weight excluding hydrogens is 417 g/mol. The third kappa shape index (κ3) is 2.60. The second-order valence-corrected chi connectivity index (χ2v) is 13.2. The number of hydrogen-bond acceptors (Lipinski definition) is 8. The zero-order chi connectivity index (χ0) is 21.8. The summed E-state index contributed by atoms with van der Waals surface area (Å²) in [6.45, 7) is 3.25. The lowest BCUT2D eigenvalue weighted by Crippen LogP contribution is -2.32. The lowest BCUT2D eigenvalue weighted by Gasteiger charge is -2.33. The zero-order valence-electron chi connectivity index (χ0n) is 17.9.